The molecule has 10 aromatic carbocycles. The maximum atomic E-state index is 12.4. The van der Waals surface area contributed by atoms with E-state index in [1.54, 1.807) is 0 Å². The van der Waals surface area contributed by atoms with Gasteiger partial charge in [0.15, 0.2) is 0 Å². The summed E-state index contributed by atoms with van der Waals surface area (Å²) < 4.78 is 58.5. The van der Waals surface area contributed by atoms with E-state index in [4.69, 9.17) is 47.4 Å². The lowest BCUT2D eigenvalue weighted by Gasteiger charge is -2.36. The number of carbonyl (C=O) groups is 2. The van der Waals surface area contributed by atoms with Gasteiger partial charge in [-0.15, -0.1) is 0 Å². The van der Waals surface area contributed by atoms with Crippen LogP contribution in [0.15, 0.2) is 279 Å². The summed E-state index contributed by atoms with van der Waals surface area (Å²) in [6.07, 6.45) is 1.43. The Balaban J connectivity index is 0.493. The molecule has 2 N–H and O–H groups in total. The van der Waals surface area contributed by atoms with Crippen molar-refractivity contribution in [2.24, 2.45) is 0 Å². The Morgan fingerprint density at radius 1 is 0.224 bits per heavy atom. The van der Waals surface area contributed by atoms with Crippen LogP contribution in [0.4, 0.5) is 0 Å². The van der Waals surface area contributed by atoms with E-state index in [-0.39, 0.29) is 24.7 Å². The number of ether oxygens (including phenoxy) is 10. The van der Waals surface area contributed by atoms with Gasteiger partial charge in [-0.2, -0.15) is 0 Å². The number of hydrogen-bond acceptors (Lipinski definition) is 12. The highest BCUT2D eigenvalue weighted by Crippen LogP contribution is 2.47. The summed E-state index contributed by atoms with van der Waals surface area (Å²) >= 11 is 0. The van der Waals surface area contributed by atoms with E-state index in [1.807, 2.05) is 72.8 Å². The lowest BCUT2D eigenvalue weighted by atomic mass is 9.65. The third-order valence-corrected chi connectivity index (χ3v) is 16.6. The van der Waals surface area contributed by atoms with Gasteiger partial charge in [0, 0.05) is 25.9 Å². The molecule has 0 saturated carbocycles. The summed E-state index contributed by atoms with van der Waals surface area (Å²) in [5, 5.41) is 5.72. The van der Waals surface area contributed by atoms with Gasteiger partial charge < -0.3 is 58.0 Å². The molecule has 2 amide bonds. The quantitative estimate of drug-likeness (QED) is 0.0277. The van der Waals surface area contributed by atoms with Crippen LogP contribution in [-0.2, 0) is 39.4 Å². The third-order valence-electron chi connectivity index (χ3n) is 16.6. The number of carbonyl (C=O) groups excluding carboxylic acids is 2. The summed E-state index contributed by atoms with van der Waals surface area (Å²) in [7, 11) is 0. The van der Waals surface area contributed by atoms with Gasteiger partial charge in [0.1, 0.15) is 60.9 Å². The first kappa shape index (κ1) is 70.6. The third kappa shape index (κ3) is 20.7. The molecule has 14 heteroatoms. The molecule has 0 aliphatic carbocycles. The van der Waals surface area contributed by atoms with Crippen molar-refractivity contribution in [3.8, 4) is 34.5 Å². The second-order valence-corrected chi connectivity index (χ2v) is 23.1. The molecule has 0 spiro atoms. The number of rotatable bonds is 43. The summed E-state index contributed by atoms with van der Waals surface area (Å²) in [5.41, 5.74) is 8.44. The fraction of sp³-hybridized carbons (Fsp3) is 0.262. The number of nitrogens with one attached hydrogen (secondary N) is 2. The number of hydrogen-bond donors (Lipinski definition) is 2. The molecular weight excluding hydrogens is 1230 g/mol. The molecule has 0 aromatic heterocycles. The minimum absolute atomic E-state index is 0.102. The van der Waals surface area contributed by atoms with Gasteiger partial charge in [-0.05, 0) is 130 Å². The topological polar surface area (TPSA) is 150 Å². The largest absolute Gasteiger partial charge is 0.494 e. The zero-order chi connectivity index (χ0) is 67.4. The Morgan fingerprint density at radius 3 is 0.633 bits per heavy atom. The van der Waals surface area contributed by atoms with Gasteiger partial charge in [-0.1, -0.05) is 206 Å². The van der Waals surface area contributed by atoms with Crippen molar-refractivity contribution >= 4 is 11.8 Å². The van der Waals surface area contributed by atoms with Gasteiger partial charge in [0.25, 0.3) is 0 Å². The monoisotopic (exact) mass is 1320 g/mol. The van der Waals surface area contributed by atoms with Crippen LogP contribution in [0.1, 0.15) is 70.2 Å². The summed E-state index contributed by atoms with van der Waals surface area (Å²) in [4.78, 5) is 24.8. The lowest BCUT2D eigenvalue weighted by molar-refractivity contribution is -0.126. The lowest BCUT2D eigenvalue weighted by Crippen LogP contribution is -2.30. The van der Waals surface area contributed by atoms with Crippen LogP contribution in [0, 0.1) is 0 Å². The van der Waals surface area contributed by atoms with E-state index < -0.39 is 10.8 Å². The molecule has 0 heterocycles. The molecule has 14 nitrogen and oxygen atoms in total. The molecule has 0 saturated heterocycles. The normalized spacial score (nSPS) is 11.3. The van der Waals surface area contributed by atoms with Crippen LogP contribution in [-0.4, -0.2) is 117 Å². The van der Waals surface area contributed by atoms with E-state index in [1.165, 1.54) is 33.4 Å². The molecule has 10 aromatic rings. The zero-order valence-electron chi connectivity index (χ0n) is 55.6. The minimum Gasteiger partial charge on any atom is -0.494 e. The smallest absolute Gasteiger partial charge is 0.220 e. The molecular formula is C84H88N2O12. The molecule has 0 aliphatic rings. The summed E-state index contributed by atoms with van der Waals surface area (Å²) in [5.74, 6) is 4.00. The minimum atomic E-state index is -0.505. The van der Waals surface area contributed by atoms with E-state index in [9.17, 15) is 9.59 Å². The van der Waals surface area contributed by atoms with Gasteiger partial charge in [0.2, 0.25) is 11.8 Å². The number of benzene rings is 10. The highest BCUT2D eigenvalue weighted by Gasteiger charge is 2.39. The molecule has 0 bridgehead atoms. The van der Waals surface area contributed by atoms with Crippen molar-refractivity contribution in [2.45, 2.75) is 36.5 Å². The first-order valence-electron chi connectivity index (χ1n) is 33.8. The standard InChI is InChI=1S/C84H88N2O12/c87-81(85-51-19-53-93-77-41-45-79(46-42-77)97-65-61-91-57-55-89-59-63-95-75-37-33-73(34-38-75)83(67-21-7-1-8-22-67,68-23-9-2-10-24-68)69-25-11-3-12-26-69)49-50-82(88)86-52-20-54-94-78-43-47-80(48-44-78)98-66-62-92-58-56-90-60-64-96-76-39-35-74(36-40-76)84(70-27-13-4-14-28-70,71-29-15-5-16-30-71)72-31-17-6-18-32-72/h1-18,21-48H,19-20,49-66H2,(H,85,87)(H,86,88). The van der Waals surface area contributed by atoms with Crippen LogP contribution in [0.3, 0.4) is 0 Å². The fourth-order valence-electron chi connectivity index (χ4n) is 11.9. The van der Waals surface area contributed by atoms with Crippen LogP contribution in [0.2, 0.25) is 0 Å². The fourth-order valence-corrected chi connectivity index (χ4v) is 11.9. The molecule has 0 fully saturated rings. The van der Waals surface area contributed by atoms with Gasteiger partial charge >= 0.3 is 0 Å². The molecule has 98 heavy (non-hydrogen) atoms. The summed E-state index contributed by atoms with van der Waals surface area (Å²) in [6, 6.07) is 95.5. The van der Waals surface area contributed by atoms with Crippen LogP contribution in [0.25, 0.3) is 0 Å². The predicted molar refractivity (Wildman–Crippen MR) is 383 cm³/mol. The van der Waals surface area contributed by atoms with Crippen molar-refractivity contribution in [3.63, 3.8) is 0 Å². The molecule has 0 aliphatic heterocycles. The van der Waals surface area contributed by atoms with Gasteiger partial charge in [0.05, 0.1) is 76.9 Å². The van der Waals surface area contributed by atoms with Crippen molar-refractivity contribution in [3.05, 3.63) is 324 Å². The Bertz CT molecular complexity index is 3390. The maximum Gasteiger partial charge on any atom is 0.220 e. The highest BCUT2D eigenvalue weighted by atomic mass is 16.6. The predicted octanol–water partition coefficient (Wildman–Crippen LogP) is 14.7. The van der Waals surface area contributed by atoms with Crippen molar-refractivity contribution in [2.75, 3.05) is 106 Å². The number of amides is 2. The van der Waals surface area contributed by atoms with Gasteiger partial charge in [-0.25, -0.2) is 0 Å². The molecule has 0 radical (unpaired) electrons. The second kappa shape index (κ2) is 39.1. The van der Waals surface area contributed by atoms with Crippen molar-refractivity contribution in [1.29, 1.82) is 0 Å². The average Bonchev–Trinajstić information content (AvgIpc) is 0.747. The SMILES string of the molecule is O=C(CCC(=O)NCCCOc1ccc(OCCOCCOCCOc2ccc(C(c3ccccc3)(c3ccccc3)c3ccccc3)cc2)cc1)NCCCOc1ccc(OCCOCCOCCOc2ccc(C(c3ccccc3)(c3ccccc3)c3ccccc3)cc2)cc1. The first-order chi connectivity index (χ1) is 48.5. The average molecular weight is 1320 g/mol. The van der Waals surface area contributed by atoms with Crippen LogP contribution < -0.4 is 39.1 Å². The second-order valence-electron chi connectivity index (χ2n) is 23.1. The molecule has 10 rings (SSSR count). The van der Waals surface area contributed by atoms with E-state index in [0.29, 0.717) is 141 Å². The Labute approximate surface area is 576 Å². The molecule has 0 atom stereocenters. The summed E-state index contributed by atoms with van der Waals surface area (Å²) in [6.45, 7) is 6.80. The van der Waals surface area contributed by atoms with Crippen LogP contribution in [0.5, 0.6) is 34.5 Å². The zero-order valence-corrected chi connectivity index (χ0v) is 55.6. The Kier molecular flexibility index (Phi) is 28.2. The van der Waals surface area contributed by atoms with Crippen molar-refractivity contribution in [1.82, 2.24) is 10.6 Å². The first-order valence-corrected chi connectivity index (χ1v) is 33.8. The van der Waals surface area contributed by atoms with Gasteiger partial charge in [-0.3, -0.25) is 9.59 Å². The Hall–Kier alpha value is -10.2. The van der Waals surface area contributed by atoms with E-state index in [2.05, 4.69) is 217 Å². The van der Waals surface area contributed by atoms with E-state index in [0.717, 1.165) is 22.6 Å². The Morgan fingerprint density at radius 2 is 0.408 bits per heavy atom. The molecule has 0 unspecified atom stereocenters. The van der Waals surface area contributed by atoms with E-state index >= 15 is 0 Å². The van der Waals surface area contributed by atoms with Crippen molar-refractivity contribution < 1.29 is 57.0 Å². The molecule has 506 valence electrons. The van der Waals surface area contributed by atoms with Crippen LogP contribution >= 0.6 is 0 Å². The highest BCUT2D eigenvalue weighted by molar-refractivity contribution is 5.83. The maximum absolute atomic E-state index is 12.4.